The van der Waals surface area contributed by atoms with E-state index in [1.165, 1.54) is 4.90 Å². The molecule has 0 aliphatic carbocycles. The van der Waals surface area contributed by atoms with E-state index in [-0.39, 0.29) is 13.0 Å². The minimum Gasteiger partial charge on any atom is -0.444 e. The lowest BCUT2D eigenvalue weighted by atomic mass is 9.94. The first-order valence-electron chi connectivity index (χ1n) is 13.9. The van der Waals surface area contributed by atoms with Crippen LogP contribution in [0.2, 0.25) is 5.02 Å². The van der Waals surface area contributed by atoms with E-state index in [9.17, 15) is 19.5 Å². The lowest BCUT2D eigenvalue weighted by molar-refractivity contribution is -0.141. The quantitative estimate of drug-likeness (QED) is 0.271. The highest BCUT2D eigenvalue weighted by molar-refractivity contribution is 6.34. The molecule has 0 aliphatic heterocycles. The molecule has 3 aromatic carbocycles. The summed E-state index contributed by atoms with van der Waals surface area (Å²) in [6, 6.07) is 17.8. The van der Waals surface area contributed by atoms with Crippen molar-refractivity contribution in [3.8, 4) is 0 Å². The number of aliphatic hydroxyl groups excluding tert-OH is 1. The van der Waals surface area contributed by atoms with Crippen molar-refractivity contribution in [3.63, 3.8) is 0 Å². The van der Waals surface area contributed by atoms with Crippen LogP contribution < -0.4 is 10.6 Å². The number of ether oxygens (including phenoxy) is 1. The molecule has 3 amide bonds. The number of carbonyl (C=O) groups is 3. The van der Waals surface area contributed by atoms with Crippen molar-refractivity contribution in [1.29, 1.82) is 0 Å². The predicted molar refractivity (Wildman–Crippen MR) is 166 cm³/mol. The molecule has 224 valence electrons. The third-order valence-corrected chi connectivity index (χ3v) is 7.18. The lowest BCUT2D eigenvalue weighted by Crippen LogP contribution is -2.54. The van der Waals surface area contributed by atoms with E-state index in [0.29, 0.717) is 16.3 Å². The van der Waals surface area contributed by atoms with Gasteiger partial charge < -0.3 is 25.4 Å². The van der Waals surface area contributed by atoms with Crippen molar-refractivity contribution < 1.29 is 24.2 Å². The van der Waals surface area contributed by atoms with Gasteiger partial charge in [0.05, 0.1) is 17.3 Å². The van der Waals surface area contributed by atoms with Crippen LogP contribution in [0.25, 0.3) is 0 Å². The molecule has 0 aromatic heterocycles. The Bertz CT molecular complexity index is 1380. The molecule has 3 N–H and O–H groups in total. The Kier molecular flexibility index (Phi) is 11.1. The van der Waals surface area contributed by atoms with Crippen LogP contribution in [0.5, 0.6) is 0 Å². The van der Waals surface area contributed by atoms with E-state index in [0.717, 1.165) is 22.3 Å². The Hall–Kier alpha value is -3.88. The SMILES string of the molecule is Cc1cccc(C(C(=O)Nc2c(C)cccc2Cl)N(CCO)C(=O)C(Cc2ccccc2)NC(=O)OC(C)(C)C)c1C. The number of halogens is 1. The van der Waals surface area contributed by atoms with Crippen LogP contribution >= 0.6 is 11.6 Å². The number of benzene rings is 3. The summed E-state index contributed by atoms with van der Waals surface area (Å²) >= 11 is 6.44. The van der Waals surface area contributed by atoms with Crippen LogP contribution in [0.1, 0.15) is 54.6 Å². The van der Waals surface area contributed by atoms with Gasteiger partial charge in [-0.05, 0) is 75.4 Å². The Morgan fingerprint density at radius 1 is 0.929 bits per heavy atom. The predicted octanol–water partition coefficient (Wildman–Crippen LogP) is 5.90. The van der Waals surface area contributed by atoms with Gasteiger partial charge in [-0.25, -0.2) is 4.79 Å². The molecule has 0 saturated heterocycles. The van der Waals surface area contributed by atoms with Crippen molar-refractivity contribution in [2.24, 2.45) is 0 Å². The molecular formula is C33H40ClN3O5. The number of hydrogen-bond acceptors (Lipinski definition) is 5. The first-order valence-corrected chi connectivity index (χ1v) is 14.3. The second kappa shape index (κ2) is 14.3. The molecule has 3 aromatic rings. The molecule has 2 atom stereocenters. The number of hydrogen-bond donors (Lipinski definition) is 3. The molecule has 0 saturated carbocycles. The highest BCUT2D eigenvalue weighted by Gasteiger charge is 2.37. The maximum absolute atomic E-state index is 14.4. The lowest BCUT2D eigenvalue weighted by Gasteiger charge is -2.35. The molecule has 0 bridgehead atoms. The van der Waals surface area contributed by atoms with Gasteiger partial charge >= 0.3 is 6.09 Å². The van der Waals surface area contributed by atoms with E-state index >= 15 is 0 Å². The summed E-state index contributed by atoms with van der Waals surface area (Å²) < 4.78 is 5.46. The van der Waals surface area contributed by atoms with Crippen LogP contribution in [-0.4, -0.2) is 52.7 Å². The second-order valence-electron chi connectivity index (χ2n) is 11.3. The van der Waals surface area contributed by atoms with Crippen molar-refractivity contribution in [1.82, 2.24) is 10.2 Å². The largest absolute Gasteiger partial charge is 0.444 e. The molecule has 9 heteroatoms. The minimum atomic E-state index is -1.14. The number of aliphatic hydroxyl groups is 1. The summed E-state index contributed by atoms with van der Waals surface area (Å²) in [6.45, 7) is 10.3. The maximum atomic E-state index is 14.4. The van der Waals surface area contributed by atoms with E-state index in [1.54, 1.807) is 39.0 Å². The number of nitrogens with one attached hydrogen (secondary N) is 2. The van der Waals surface area contributed by atoms with E-state index in [4.69, 9.17) is 16.3 Å². The highest BCUT2D eigenvalue weighted by atomic mass is 35.5. The Balaban J connectivity index is 2.10. The number of anilines is 1. The van der Waals surface area contributed by atoms with Gasteiger partial charge in [-0.15, -0.1) is 0 Å². The molecule has 0 heterocycles. The number of nitrogens with zero attached hydrogens (tertiary/aromatic N) is 1. The summed E-state index contributed by atoms with van der Waals surface area (Å²) in [7, 11) is 0. The van der Waals surface area contributed by atoms with Crippen LogP contribution in [-0.2, 0) is 20.7 Å². The number of carbonyl (C=O) groups excluding carboxylic acids is 3. The van der Waals surface area contributed by atoms with Crippen molar-refractivity contribution in [2.75, 3.05) is 18.5 Å². The zero-order valence-electron chi connectivity index (χ0n) is 25.0. The number of rotatable bonds is 10. The van der Waals surface area contributed by atoms with Gasteiger partial charge in [-0.2, -0.15) is 0 Å². The number of alkyl carbamates (subject to hydrolysis) is 1. The van der Waals surface area contributed by atoms with Crippen LogP contribution in [0.15, 0.2) is 66.7 Å². The smallest absolute Gasteiger partial charge is 0.408 e. The normalized spacial score (nSPS) is 12.7. The van der Waals surface area contributed by atoms with Crippen molar-refractivity contribution >= 4 is 35.2 Å². The number of aryl methyl sites for hydroxylation is 2. The van der Waals surface area contributed by atoms with Crippen molar-refractivity contribution in [3.05, 3.63) is 99.6 Å². The van der Waals surface area contributed by atoms with Gasteiger partial charge in [0.25, 0.3) is 5.91 Å². The van der Waals surface area contributed by atoms with Crippen LogP contribution in [0.4, 0.5) is 10.5 Å². The number of para-hydroxylation sites is 1. The summed E-state index contributed by atoms with van der Waals surface area (Å²) in [6.07, 6.45) is -0.619. The fourth-order valence-corrected chi connectivity index (χ4v) is 4.95. The highest BCUT2D eigenvalue weighted by Crippen LogP contribution is 2.31. The average molecular weight is 594 g/mol. The van der Waals surface area contributed by atoms with E-state index in [2.05, 4.69) is 10.6 Å². The van der Waals surface area contributed by atoms with Crippen molar-refractivity contribution in [2.45, 2.75) is 65.6 Å². The van der Waals surface area contributed by atoms with Gasteiger partial charge in [-0.3, -0.25) is 9.59 Å². The molecule has 3 rings (SSSR count). The minimum absolute atomic E-state index is 0.144. The molecule has 8 nitrogen and oxygen atoms in total. The Labute approximate surface area is 253 Å². The van der Waals surface area contributed by atoms with Crippen LogP contribution in [0.3, 0.4) is 0 Å². The average Bonchev–Trinajstić information content (AvgIpc) is 2.91. The molecular weight excluding hydrogens is 554 g/mol. The van der Waals surface area contributed by atoms with Gasteiger partial charge in [-0.1, -0.05) is 72.3 Å². The third-order valence-electron chi connectivity index (χ3n) is 6.87. The summed E-state index contributed by atoms with van der Waals surface area (Å²) in [4.78, 5) is 42.7. The summed E-state index contributed by atoms with van der Waals surface area (Å²) in [5.74, 6) is -1.05. The number of amides is 3. The van der Waals surface area contributed by atoms with Gasteiger partial charge in [0.2, 0.25) is 5.91 Å². The fraction of sp³-hybridized carbons (Fsp3) is 0.364. The fourth-order valence-electron chi connectivity index (χ4n) is 4.68. The van der Waals surface area contributed by atoms with Gasteiger partial charge in [0, 0.05) is 13.0 Å². The maximum Gasteiger partial charge on any atom is 0.408 e. The summed E-state index contributed by atoms with van der Waals surface area (Å²) in [5.41, 5.74) is 3.55. The first-order chi connectivity index (χ1) is 19.8. The zero-order valence-corrected chi connectivity index (χ0v) is 25.8. The van der Waals surface area contributed by atoms with Gasteiger partial charge in [0.15, 0.2) is 0 Å². The molecule has 2 unspecified atom stereocenters. The monoisotopic (exact) mass is 593 g/mol. The second-order valence-corrected chi connectivity index (χ2v) is 11.7. The third kappa shape index (κ3) is 8.57. The topological polar surface area (TPSA) is 108 Å². The van der Waals surface area contributed by atoms with E-state index < -0.39 is 42.2 Å². The Morgan fingerprint density at radius 3 is 2.19 bits per heavy atom. The molecule has 0 fully saturated rings. The van der Waals surface area contributed by atoms with Gasteiger partial charge in [0.1, 0.15) is 17.7 Å². The van der Waals surface area contributed by atoms with E-state index in [1.807, 2.05) is 69.3 Å². The molecule has 0 aliphatic rings. The zero-order chi connectivity index (χ0) is 31.0. The molecule has 0 radical (unpaired) electrons. The summed E-state index contributed by atoms with van der Waals surface area (Å²) in [5, 5.41) is 16.1. The first kappa shape index (κ1) is 32.6. The molecule has 0 spiro atoms. The standard InChI is InChI=1S/C33H40ClN3O5/c1-21-12-10-16-25(23(21)3)29(30(39)36-28-22(2)13-11-17-26(28)34)37(18-19-38)31(40)27(20-24-14-8-7-9-15-24)35-32(41)42-33(4,5)6/h7-17,27,29,38H,18-20H2,1-6H3,(H,35,41)(H,36,39). The van der Waals surface area contributed by atoms with Crippen LogP contribution in [0, 0.1) is 20.8 Å². The molecule has 42 heavy (non-hydrogen) atoms. The Morgan fingerprint density at radius 2 is 1.57 bits per heavy atom.